The summed E-state index contributed by atoms with van der Waals surface area (Å²) in [6.07, 6.45) is 1.61. The van der Waals surface area contributed by atoms with Crippen LogP contribution in [-0.4, -0.2) is 34.7 Å². The number of nitrogens with zero attached hydrogens (tertiary/aromatic N) is 3. The van der Waals surface area contributed by atoms with E-state index in [4.69, 9.17) is 20.5 Å². The first-order valence-electron chi connectivity index (χ1n) is 7.03. The second kappa shape index (κ2) is 6.98. The monoisotopic (exact) mass is 318 g/mol. The third kappa shape index (κ3) is 3.19. The Kier molecular flexibility index (Phi) is 5.03. The number of carbonyl (C=O) groups excluding carboxylic acids is 1. The number of carbonyl (C=O) groups is 1. The maximum absolute atomic E-state index is 11.7. The maximum atomic E-state index is 11.7. The number of rotatable bonds is 6. The minimum Gasteiger partial charge on any atom is -0.455 e. The number of ether oxygens (including phenoxy) is 2. The molecule has 0 aliphatic carbocycles. The molecule has 1 aliphatic heterocycles. The summed E-state index contributed by atoms with van der Waals surface area (Å²) < 4.78 is 11.8. The molecular weight excluding hydrogens is 300 g/mol. The van der Waals surface area contributed by atoms with Gasteiger partial charge in [-0.05, 0) is 19.1 Å². The predicted octanol–water partition coefficient (Wildman–Crippen LogP) is 0.734. The molecule has 0 aromatic carbocycles. The zero-order valence-electron chi connectivity index (χ0n) is 12.7. The minimum atomic E-state index is -0.838. The first-order valence-corrected chi connectivity index (χ1v) is 7.03. The third-order valence-electron chi connectivity index (χ3n) is 3.65. The number of aliphatic hydroxyl groups excluding tert-OH is 1. The number of esters is 1. The van der Waals surface area contributed by atoms with Gasteiger partial charge in [-0.25, -0.2) is 4.68 Å². The van der Waals surface area contributed by atoms with Crippen LogP contribution < -0.4 is 5.73 Å². The van der Waals surface area contributed by atoms with Gasteiger partial charge in [0.25, 0.3) is 6.26 Å². The Morgan fingerprint density at radius 2 is 2.52 bits per heavy atom. The topological polar surface area (TPSA) is 123 Å². The Morgan fingerprint density at radius 1 is 1.78 bits per heavy atom. The van der Waals surface area contributed by atoms with Crippen LogP contribution in [0.3, 0.4) is 0 Å². The van der Waals surface area contributed by atoms with E-state index in [-0.39, 0.29) is 6.42 Å². The lowest BCUT2D eigenvalue weighted by Crippen LogP contribution is -2.29. The van der Waals surface area contributed by atoms with Gasteiger partial charge in [-0.15, -0.1) is 0 Å². The smallest absolute Gasteiger partial charge is 0.307 e. The summed E-state index contributed by atoms with van der Waals surface area (Å²) >= 11 is 0. The molecule has 0 radical (unpaired) electrons. The molecule has 3 atom stereocenters. The van der Waals surface area contributed by atoms with Gasteiger partial charge in [-0.3, -0.25) is 4.79 Å². The molecule has 1 saturated heterocycles. The summed E-state index contributed by atoms with van der Waals surface area (Å²) in [5.41, 5.74) is 7.20. The van der Waals surface area contributed by atoms with Crippen molar-refractivity contribution in [2.24, 2.45) is 16.8 Å². The van der Waals surface area contributed by atoms with Crippen molar-refractivity contribution >= 4 is 17.9 Å². The van der Waals surface area contributed by atoms with Gasteiger partial charge in [0.15, 0.2) is 6.10 Å². The normalized spacial score (nSPS) is 21.9. The molecular formula is C15H18N4O4. The number of cyclic esters (lactones) is 1. The molecule has 1 aromatic heterocycles. The van der Waals surface area contributed by atoms with Gasteiger partial charge < -0.3 is 20.3 Å². The summed E-state index contributed by atoms with van der Waals surface area (Å²) in [6, 6.07) is 3.43. The van der Waals surface area contributed by atoms with Crippen molar-refractivity contribution in [1.29, 1.82) is 5.26 Å². The van der Waals surface area contributed by atoms with E-state index >= 15 is 0 Å². The number of nitriles is 1. The van der Waals surface area contributed by atoms with Crippen molar-refractivity contribution in [1.82, 2.24) is 4.68 Å². The van der Waals surface area contributed by atoms with Crippen LogP contribution in [0.4, 0.5) is 0 Å². The second-order valence-corrected chi connectivity index (χ2v) is 5.06. The summed E-state index contributed by atoms with van der Waals surface area (Å²) in [5, 5.41) is 22.3. The maximum Gasteiger partial charge on any atom is 0.307 e. The standard InChI is InChI=1S/C15H18N4O4/c1-3-18-19-11(9(2)17)4-5-12(19)15-10(6-14(21)23-15)13(7-20)22-8-16/h3-5,10,13,15,20H,2,6-7,17H2,1H3/b18-3-/t10-,13?,15-/m1/s1. The number of nitrogens with two attached hydrogens (primary N) is 1. The predicted molar refractivity (Wildman–Crippen MR) is 81.7 cm³/mol. The van der Waals surface area contributed by atoms with E-state index in [2.05, 4.69) is 11.7 Å². The van der Waals surface area contributed by atoms with Crippen molar-refractivity contribution in [3.63, 3.8) is 0 Å². The fourth-order valence-electron chi connectivity index (χ4n) is 2.66. The second-order valence-electron chi connectivity index (χ2n) is 5.06. The van der Waals surface area contributed by atoms with E-state index in [1.807, 2.05) is 0 Å². The van der Waals surface area contributed by atoms with Gasteiger partial charge in [-0.2, -0.15) is 10.4 Å². The van der Waals surface area contributed by atoms with Gasteiger partial charge in [-0.1, -0.05) is 6.58 Å². The van der Waals surface area contributed by atoms with E-state index in [0.29, 0.717) is 17.1 Å². The Bertz CT molecular complexity index is 674. The number of aromatic nitrogens is 1. The number of hydrogen-bond donors (Lipinski definition) is 2. The van der Waals surface area contributed by atoms with Crippen LogP contribution in [0.25, 0.3) is 5.70 Å². The molecule has 1 fully saturated rings. The van der Waals surface area contributed by atoms with Gasteiger partial charge in [0.05, 0.1) is 36.0 Å². The van der Waals surface area contributed by atoms with Crippen molar-refractivity contribution in [3.8, 4) is 6.26 Å². The van der Waals surface area contributed by atoms with Gasteiger partial charge in [0, 0.05) is 6.21 Å². The van der Waals surface area contributed by atoms with Gasteiger partial charge >= 0.3 is 5.97 Å². The van der Waals surface area contributed by atoms with Crippen molar-refractivity contribution in [3.05, 3.63) is 30.1 Å². The zero-order valence-corrected chi connectivity index (χ0v) is 12.7. The largest absolute Gasteiger partial charge is 0.455 e. The zero-order chi connectivity index (χ0) is 17.0. The van der Waals surface area contributed by atoms with Crippen molar-refractivity contribution in [2.75, 3.05) is 6.61 Å². The molecule has 0 amide bonds. The lowest BCUT2D eigenvalue weighted by molar-refractivity contribution is -0.142. The Morgan fingerprint density at radius 3 is 3.09 bits per heavy atom. The lowest BCUT2D eigenvalue weighted by Gasteiger charge is -2.23. The van der Waals surface area contributed by atoms with Crippen LogP contribution in [0, 0.1) is 17.4 Å². The average Bonchev–Trinajstić information content (AvgIpc) is 3.08. The Hall–Kier alpha value is -2.79. The lowest BCUT2D eigenvalue weighted by atomic mass is 9.93. The van der Waals surface area contributed by atoms with Crippen LogP contribution >= 0.6 is 0 Å². The average molecular weight is 318 g/mol. The Labute approximate surface area is 133 Å². The highest BCUT2D eigenvalue weighted by atomic mass is 16.6. The molecule has 8 nitrogen and oxygen atoms in total. The quantitative estimate of drug-likeness (QED) is 0.453. The molecule has 0 saturated carbocycles. The van der Waals surface area contributed by atoms with Crippen LogP contribution in [-0.2, 0) is 14.3 Å². The van der Waals surface area contributed by atoms with E-state index < -0.39 is 30.7 Å². The Balaban J connectivity index is 2.44. The van der Waals surface area contributed by atoms with Crippen LogP contribution in [0.2, 0.25) is 0 Å². The molecule has 8 heteroatoms. The van der Waals surface area contributed by atoms with Gasteiger partial charge in [0.1, 0.15) is 6.10 Å². The van der Waals surface area contributed by atoms with Crippen LogP contribution in [0.5, 0.6) is 0 Å². The first kappa shape index (κ1) is 16.6. The molecule has 122 valence electrons. The SMILES string of the molecule is C=C(N)c1ccc([C@@H]2OC(=O)C[C@@H]2C(CO)OC#N)n1/N=C\C. The molecule has 2 heterocycles. The highest BCUT2D eigenvalue weighted by Gasteiger charge is 2.43. The highest BCUT2D eigenvalue weighted by molar-refractivity contribution is 5.72. The van der Waals surface area contributed by atoms with E-state index in [1.54, 1.807) is 31.5 Å². The fraction of sp³-hybridized carbons (Fsp3) is 0.400. The van der Waals surface area contributed by atoms with E-state index in [1.165, 1.54) is 4.68 Å². The molecule has 3 N–H and O–H groups in total. The summed E-state index contributed by atoms with van der Waals surface area (Å²) in [4.78, 5) is 11.7. The highest BCUT2D eigenvalue weighted by Crippen LogP contribution is 2.39. The molecule has 0 bridgehead atoms. The van der Waals surface area contributed by atoms with Crippen LogP contribution in [0.15, 0.2) is 23.8 Å². The fourth-order valence-corrected chi connectivity index (χ4v) is 2.66. The molecule has 0 spiro atoms. The number of hydrogen-bond acceptors (Lipinski definition) is 7. The van der Waals surface area contributed by atoms with E-state index in [0.717, 1.165) is 0 Å². The molecule has 23 heavy (non-hydrogen) atoms. The molecule has 1 unspecified atom stereocenters. The van der Waals surface area contributed by atoms with E-state index in [9.17, 15) is 9.90 Å². The molecule has 1 aliphatic rings. The van der Waals surface area contributed by atoms with Crippen LogP contribution in [0.1, 0.15) is 30.8 Å². The summed E-state index contributed by atoms with van der Waals surface area (Å²) in [6.45, 7) is 5.02. The number of aliphatic hydroxyl groups is 1. The summed E-state index contributed by atoms with van der Waals surface area (Å²) in [5.74, 6) is -0.937. The molecule has 1 aromatic rings. The van der Waals surface area contributed by atoms with Gasteiger partial charge in [0.2, 0.25) is 0 Å². The van der Waals surface area contributed by atoms with Crippen molar-refractivity contribution in [2.45, 2.75) is 25.6 Å². The first-order chi connectivity index (χ1) is 11.0. The van der Waals surface area contributed by atoms with Crippen molar-refractivity contribution < 1.29 is 19.4 Å². The summed E-state index contributed by atoms with van der Waals surface area (Å²) in [7, 11) is 0. The molecule has 2 rings (SSSR count). The third-order valence-corrected chi connectivity index (χ3v) is 3.65. The minimum absolute atomic E-state index is 0.0392.